The lowest BCUT2D eigenvalue weighted by molar-refractivity contribution is -0.138. The smallest absolute Gasteiger partial charge is 0.243 e. The number of hydrogen-bond acceptors (Lipinski definition) is 3. The van der Waals surface area contributed by atoms with Gasteiger partial charge in [-0.05, 0) is 18.1 Å². The van der Waals surface area contributed by atoms with Crippen molar-refractivity contribution in [3.8, 4) is 0 Å². The minimum Gasteiger partial charge on any atom is -0.350 e. The first-order chi connectivity index (χ1) is 12.1. The van der Waals surface area contributed by atoms with Gasteiger partial charge in [0.1, 0.15) is 11.4 Å². The molecule has 3 rings (SSSR count). The highest BCUT2D eigenvalue weighted by atomic mass is 32.2. The number of amides is 2. The lowest BCUT2D eigenvalue weighted by Gasteiger charge is -2.28. The summed E-state index contributed by atoms with van der Waals surface area (Å²) in [4.78, 5) is 26.6. The Hall–Kier alpha value is -2.27. The number of carbonyl (C=O) groups excluding carboxylic acids is 2. The number of hydrogen-bond donors (Lipinski definition) is 1. The van der Waals surface area contributed by atoms with Crippen LogP contribution in [0.4, 0.5) is 0 Å². The van der Waals surface area contributed by atoms with Crippen LogP contribution in [0.3, 0.4) is 0 Å². The fraction of sp³-hybridized carbons (Fsp3) is 0.300. The van der Waals surface area contributed by atoms with Gasteiger partial charge in [0.15, 0.2) is 0 Å². The highest BCUT2D eigenvalue weighted by Gasteiger charge is 2.40. The largest absolute Gasteiger partial charge is 0.350 e. The summed E-state index contributed by atoms with van der Waals surface area (Å²) in [5.41, 5.74) is 3.29. The summed E-state index contributed by atoms with van der Waals surface area (Å²) in [7, 11) is 0. The van der Waals surface area contributed by atoms with Crippen molar-refractivity contribution in [1.29, 1.82) is 0 Å². The van der Waals surface area contributed by atoms with Crippen molar-refractivity contribution in [1.82, 2.24) is 10.2 Å². The molecule has 25 heavy (non-hydrogen) atoms. The maximum atomic E-state index is 12.6. The maximum absolute atomic E-state index is 12.6. The fourth-order valence-electron chi connectivity index (χ4n) is 2.98. The predicted octanol–water partition coefficient (Wildman–Crippen LogP) is 3.27. The average molecular weight is 354 g/mol. The molecule has 4 nitrogen and oxygen atoms in total. The number of benzene rings is 2. The zero-order chi connectivity index (χ0) is 17.8. The fourth-order valence-corrected chi connectivity index (χ4v) is 4.47. The van der Waals surface area contributed by atoms with Gasteiger partial charge in [-0.3, -0.25) is 9.59 Å². The molecule has 0 aromatic heterocycles. The van der Waals surface area contributed by atoms with Crippen molar-refractivity contribution >= 4 is 23.6 Å². The van der Waals surface area contributed by atoms with E-state index in [1.165, 1.54) is 12.5 Å². The van der Waals surface area contributed by atoms with Crippen molar-refractivity contribution in [3.63, 3.8) is 0 Å². The minimum absolute atomic E-state index is 0.0737. The van der Waals surface area contributed by atoms with E-state index >= 15 is 0 Å². The van der Waals surface area contributed by atoms with Gasteiger partial charge in [0, 0.05) is 19.2 Å². The Balaban J connectivity index is 1.71. The molecule has 1 heterocycles. The van der Waals surface area contributed by atoms with Crippen molar-refractivity contribution in [2.45, 2.75) is 31.8 Å². The molecule has 2 amide bonds. The Morgan fingerprint density at radius 2 is 1.80 bits per heavy atom. The summed E-state index contributed by atoms with van der Waals surface area (Å²) in [5, 5.41) is 2.85. The van der Waals surface area contributed by atoms with Crippen molar-refractivity contribution < 1.29 is 9.59 Å². The monoisotopic (exact) mass is 354 g/mol. The molecule has 0 saturated carbocycles. The first-order valence-electron chi connectivity index (χ1n) is 8.35. The van der Waals surface area contributed by atoms with Gasteiger partial charge in [-0.15, -0.1) is 11.8 Å². The lowest BCUT2D eigenvalue weighted by atomic mass is 10.1. The summed E-state index contributed by atoms with van der Waals surface area (Å²) in [6.45, 7) is 4.04. The number of carbonyl (C=O) groups is 2. The first-order valence-corrected chi connectivity index (χ1v) is 9.40. The first kappa shape index (κ1) is 17.5. The van der Waals surface area contributed by atoms with Crippen molar-refractivity contribution in [3.05, 3.63) is 71.3 Å². The van der Waals surface area contributed by atoms with Crippen LogP contribution in [0.15, 0.2) is 54.6 Å². The summed E-state index contributed by atoms with van der Waals surface area (Å²) >= 11 is 1.64. The molecule has 1 aliphatic heterocycles. The molecule has 2 aromatic carbocycles. The Kier molecular flexibility index (Phi) is 5.43. The van der Waals surface area contributed by atoms with Crippen molar-refractivity contribution in [2.75, 3.05) is 5.75 Å². The van der Waals surface area contributed by atoms with E-state index in [0.29, 0.717) is 12.3 Å². The van der Waals surface area contributed by atoms with Gasteiger partial charge in [0.2, 0.25) is 11.8 Å². The quantitative estimate of drug-likeness (QED) is 0.917. The van der Waals surface area contributed by atoms with Crippen LogP contribution in [0.5, 0.6) is 0 Å². The Labute approximate surface area is 152 Å². The Morgan fingerprint density at radius 3 is 2.44 bits per heavy atom. The molecule has 2 atom stereocenters. The molecule has 0 unspecified atom stereocenters. The molecule has 5 heteroatoms. The molecule has 1 fully saturated rings. The highest BCUT2D eigenvalue weighted by Crippen LogP contribution is 2.41. The topological polar surface area (TPSA) is 49.4 Å². The van der Waals surface area contributed by atoms with Crippen molar-refractivity contribution in [2.24, 2.45) is 0 Å². The molecular formula is C20H22N2O2S. The molecule has 1 saturated heterocycles. The summed E-state index contributed by atoms with van der Waals surface area (Å²) in [5.74, 6) is 0.440. The van der Waals surface area contributed by atoms with Gasteiger partial charge < -0.3 is 10.2 Å². The number of rotatable bonds is 4. The maximum Gasteiger partial charge on any atom is 0.243 e. The molecular weight excluding hydrogens is 332 g/mol. The highest BCUT2D eigenvalue weighted by molar-refractivity contribution is 7.99. The summed E-state index contributed by atoms with van der Waals surface area (Å²) in [6.07, 6.45) is 0. The van der Waals surface area contributed by atoms with Gasteiger partial charge in [-0.2, -0.15) is 0 Å². The van der Waals surface area contributed by atoms with Gasteiger partial charge in [-0.25, -0.2) is 0 Å². The van der Waals surface area contributed by atoms with Crippen LogP contribution in [-0.2, 0) is 16.1 Å². The van der Waals surface area contributed by atoms with E-state index in [9.17, 15) is 9.59 Å². The minimum atomic E-state index is -0.433. The van der Waals surface area contributed by atoms with Gasteiger partial charge >= 0.3 is 0 Å². The van der Waals surface area contributed by atoms with Crippen LogP contribution < -0.4 is 5.32 Å². The van der Waals surface area contributed by atoms with Crippen LogP contribution >= 0.6 is 11.8 Å². The number of thioether (sulfide) groups is 1. The van der Waals surface area contributed by atoms with Gasteiger partial charge in [0.25, 0.3) is 0 Å². The molecule has 130 valence electrons. The van der Waals surface area contributed by atoms with Crippen LogP contribution in [0.2, 0.25) is 0 Å². The van der Waals surface area contributed by atoms with Gasteiger partial charge in [0.05, 0.1) is 0 Å². The third kappa shape index (κ3) is 4.04. The summed E-state index contributed by atoms with van der Waals surface area (Å²) < 4.78 is 0. The van der Waals surface area contributed by atoms with E-state index < -0.39 is 6.04 Å². The third-order valence-electron chi connectivity index (χ3n) is 4.34. The molecule has 0 spiro atoms. The lowest BCUT2D eigenvalue weighted by Crippen LogP contribution is -2.47. The molecule has 1 N–H and O–H groups in total. The second-order valence-electron chi connectivity index (χ2n) is 6.24. The molecule has 0 bridgehead atoms. The zero-order valence-electron chi connectivity index (χ0n) is 14.4. The molecule has 2 aromatic rings. The van der Waals surface area contributed by atoms with Crippen LogP contribution in [-0.4, -0.2) is 28.5 Å². The number of nitrogens with zero attached hydrogens (tertiary/aromatic N) is 1. The summed E-state index contributed by atoms with van der Waals surface area (Å²) in [6, 6.07) is 17.5. The van der Waals surface area contributed by atoms with Crippen LogP contribution in [0, 0.1) is 6.92 Å². The normalized spacial score (nSPS) is 19.7. The second kappa shape index (κ2) is 7.74. The average Bonchev–Trinajstić information content (AvgIpc) is 3.06. The predicted molar refractivity (Wildman–Crippen MR) is 101 cm³/mol. The van der Waals surface area contributed by atoms with Crippen LogP contribution in [0.25, 0.3) is 0 Å². The Morgan fingerprint density at radius 1 is 1.12 bits per heavy atom. The van der Waals surface area contributed by atoms with E-state index in [4.69, 9.17) is 0 Å². The molecule has 0 radical (unpaired) electrons. The standard InChI is InChI=1S/C20H22N2O2S/c1-14-8-10-17(11-9-14)20-22(15(2)23)18(13-25-20)19(24)21-12-16-6-4-3-5-7-16/h3-11,18,20H,12-13H2,1-2H3,(H,21,24)/t18-,20-/m1/s1. The molecule has 1 aliphatic rings. The molecule has 0 aliphatic carbocycles. The van der Waals surface area contributed by atoms with E-state index in [0.717, 1.165) is 11.1 Å². The third-order valence-corrected chi connectivity index (χ3v) is 5.66. The number of nitrogens with one attached hydrogen (secondary N) is 1. The SMILES string of the molecule is CC(=O)N1[C@@H](C(=O)NCc2ccccc2)CS[C@@H]1c1ccc(C)cc1. The number of aryl methyl sites for hydroxylation is 1. The zero-order valence-corrected chi connectivity index (χ0v) is 15.3. The van der Waals surface area contributed by atoms with Crippen LogP contribution in [0.1, 0.15) is 29.0 Å². The van der Waals surface area contributed by atoms with E-state index in [2.05, 4.69) is 5.32 Å². The van der Waals surface area contributed by atoms with Gasteiger partial charge in [-0.1, -0.05) is 60.2 Å². The van der Waals surface area contributed by atoms with E-state index in [1.807, 2.05) is 61.5 Å². The van der Waals surface area contributed by atoms with E-state index in [1.54, 1.807) is 16.7 Å². The Bertz CT molecular complexity index is 746. The van der Waals surface area contributed by atoms with E-state index in [-0.39, 0.29) is 17.2 Å². The second-order valence-corrected chi connectivity index (χ2v) is 7.36.